The number of hydrogen-bond donors (Lipinski definition) is 0. The van der Waals surface area contributed by atoms with E-state index in [0.29, 0.717) is 22.3 Å². The Morgan fingerprint density at radius 1 is 1.00 bits per heavy atom. The summed E-state index contributed by atoms with van der Waals surface area (Å²) in [6.07, 6.45) is 0.0374. The van der Waals surface area contributed by atoms with E-state index in [1.54, 1.807) is 48.5 Å². The fraction of sp³-hybridized carbons (Fsp3) is 0.235. The third kappa shape index (κ3) is 6.64. The minimum absolute atomic E-state index is 0.423. The summed E-state index contributed by atoms with van der Waals surface area (Å²) in [5, 5.41) is 0.618. The van der Waals surface area contributed by atoms with Gasteiger partial charge in [0.15, 0.2) is 21.9 Å². The third-order valence-electron chi connectivity index (χ3n) is 2.93. The SMILES string of the molecule is C[C@@H](Oc1ccc(Oc2ccc(Cl)cc2)cc1)C(=O)OCS(C)(=O)=O. The molecule has 0 saturated heterocycles. The maximum Gasteiger partial charge on any atom is 0.348 e. The van der Waals surface area contributed by atoms with Gasteiger partial charge in [0.1, 0.15) is 17.2 Å². The van der Waals surface area contributed by atoms with Gasteiger partial charge in [0.2, 0.25) is 0 Å². The van der Waals surface area contributed by atoms with Gasteiger partial charge in [-0.15, -0.1) is 0 Å². The number of hydrogen-bond acceptors (Lipinski definition) is 6. The van der Waals surface area contributed by atoms with Crippen LogP contribution in [0.1, 0.15) is 6.92 Å². The first-order valence-electron chi connectivity index (χ1n) is 7.27. The molecule has 0 aliphatic rings. The standard InChI is InChI=1S/C17H17ClO6S/c1-12(17(19)22-11-25(2,20)21)23-14-7-9-16(10-8-14)24-15-5-3-13(18)4-6-15/h3-10,12H,11H2,1-2H3/t12-/m1/s1. The van der Waals surface area contributed by atoms with Gasteiger partial charge in [0.05, 0.1) is 0 Å². The quantitative estimate of drug-likeness (QED) is 0.680. The fourth-order valence-electron chi connectivity index (χ4n) is 1.76. The van der Waals surface area contributed by atoms with Crippen molar-refractivity contribution >= 4 is 27.4 Å². The molecule has 2 aromatic rings. The summed E-state index contributed by atoms with van der Waals surface area (Å²) in [6.45, 7) is 1.47. The van der Waals surface area contributed by atoms with E-state index in [-0.39, 0.29) is 0 Å². The van der Waals surface area contributed by atoms with E-state index in [1.165, 1.54) is 6.92 Å². The van der Waals surface area contributed by atoms with Gasteiger partial charge in [0.25, 0.3) is 0 Å². The Balaban J connectivity index is 1.91. The van der Waals surface area contributed by atoms with Crippen molar-refractivity contribution in [2.45, 2.75) is 13.0 Å². The van der Waals surface area contributed by atoms with Crippen molar-refractivity contribution < 1.29 is 27.4 Å². The van der Waals surface area contributed by atoms with Crippen molar-refractivity contribution in [1.82, 2.24) is 0 Å². The van der Waals surface area contributed by atoms with Crippen LogP contribution in [0.2, 0.25) is 5.02 Å². The number of carbonyl (C=O) groups excluding carboxylic acids is 1. The lowest BCUT2D eigenvalue weighted by atomic mass is 10.3. The first-order valence-corrected chi connectivity index (χ1v) is 9.71. The van der Waals surface area contributed by atoms with Crippen molar-refractivity contribution in [1.29, 1.82) is 0 Å². The lowest BCUT2D eigenvalue weighted by Crippen LogP contribution is -2.27. The second kappa shape index (κ2) is 8.22. The highest BCUT2D eigenvalue weighted by Gasteiger charge is 2.18. The maximum absolute atomic E-state index is 11.7. The fourth-order valence-corrected chi connectivity index (χ4v) is 2.22. The summed E-state index contributed by atoms with van der Waals surface area (Å²) in [5.41, 5.74) is 0. The first-order chi connectivity index (χ1) is 11.7. The number of halogens is 1. The van der Waals surface area contributed by atoms with Crippen LogP contribution in [0.25, 0.3) is 0 Å². The summed E-state index contributed by atoms with van der Waals surface area (Å²) in [7, 11) is -3.39. The molecule has 2 aromatic carbocycles. The highest BCUT2D eigenvalue weighted by atomic mass is 35.5. The molecule has 0 unspecified atom stereocenters. The smallest absolute Gasteiger partial charge is 0.348 e. The third-order valence-corrected chi connectivity index (χ3v) is 3.73. The van der Waals surface area contributed by atoms with E-state index in [2.05, 4.69) is 4.74 Å². The zero-order valence-corrected chi connectivity index (χ0v) is 15.2. The molecular formula is C17H17ClO6S. The molecule has 0 N–H and O–H groups in total. The monoisotopic (exact) mass is 384 g/mol. The molecule has 0 aliphatic heterocycles. The van der Waals surface area contributed by atoms with Gasteiger partial charge in [0, 0.05) is 11.3 Å². The van der Waals surface area contributed by atoms with Crippen molar-refractivity contribution in [3.63, 3.8) is 0 Å². The molecule has 134 valence electrons. The maximum atomic E-state index is 11.7. The summed E-state index contributed by atoms with van der Waals surface area (Å²) < 4.78 is 37.7. The Hall–Kier alpha value is -2.25. The number of rotatable bonds is 7. The van der Waals surface area contributed by atoms with E-state index in [1.807, 2.05) is 0 Å². The molecule has 0 radical (unpaired) electrons. The van der Waals surface area contributed by atoms with Crippen LogP contribution in [0.3, 0.4) is 0 Å². The summed E-state index contributed by atoms with van der Waals surface area (Å²) >= 11 is 5.81. The second-order valence-corrected chi connectivity index (χ2v) is 7.82. The van der Waals surface area contributed by atoms with Crippen LogP contribution in [-0.4, -0.2) is 32.7 Å². The van der Waals surface area contributed by atoms with E-state index in [4.69, 9.17) is 21.1 Å². The van der Waals surface area contributed by atoms with E-state index in [0.717, 1.165) is 6.26 Å². The molecule has 0 aromatic heterocycles. The van der Waals surface area contributed by atoms with Crippen LogP contribution in [-0.2, 0) is 19.4 Å². The number of esters is 1. The minimum Gasteiger partial charge on any atom is -0.479 e. The number of ether oxygens (including phenoxy) is 3. The van der Waals surface area contributed by atoms with Gasteiger partial charge in [-0.05, 0) is 55.5 Å². The molecule has 8 heteroatoms. The van der Waals surface area contributed by atoms with Gasteiger partial charge in [-0.2, -0.15) is 0 Å². The molecule has 0 heterocycles. The lowest BCUT2D eigenvalue weighted by Gasteiger charge is -2.14. The van der Waals surface area contributed by atoms with Crippen LogP contribution in [0.5, 0.6) is 17.2 Å². The molecule has 0 saturated carbocycles. The van der Waals surface area contributed by atoms with Crippen molar-refractivity contribution in [2.75, 3.05) is 12.2 Å². The Labute approximate surface area is 151 Å². The number of sulfone groups is 1. The Morgan fingerprint density at radius 3 is 2.00 bits per heavy atom. The van der Waals surface area contributed by atoms with E-state index >= 15 is 0 Å². The average molecular weight is 385 g/mol. The van der Waals surface area contributed by atoms with Crippen LogP contribution >= 0.6 is 11.6 Å². The molecule has 25 heavy (non-hydrogen) atoms. The molecule has 1 atom stereocenters. The lowest BCUT2D eigenvalue weighted by molar-refractivity contribution is -0.148. The Bertz CT molecular complexity index is 815. The summed E-state index contributed by atoms with van der Waals surface area (Å²) in [4.78, 5) is 11.7. The van der Waals surface area contributed by atoms with Crippen molar-refractivity contribution in [2.24, 2.45) is 0 Å². The molecule has 0 amide bonds. The van der Waals surface area contributed by atoms with Crippen LogP contribution in [0.15, 0.2) is 48.5 Å². The molecule has 6 nitrogen and oxygen atoms in total. The Morgan fingerprint density at radius 2 is 1.48 bits per heavy atom. The molecule has 0 aliphatic carbocycles. The molecule has 0 spiro atoms. The normalized spacial score (nSPS) is 12.3. The number of benzene rings is 2. The summed E-state index contributed by atoms with van der Waals surface area (Å²) in [5.74, 6) is 0.213. The van der Waals surface area contributed by atoms with Gasteiger partial charge >= 0.3 is 5.97 Å². The molecule has 0 bridgehead atoms. The zero-order chi connectivity index (χ0) is 18.4. The van der Waals surface area contributed by atoms with Gasteiger partial charge in [-0.1, -0.05) is 11.6 Å². The number of carbonyl (C=O) groups is 1. The van der Waals surface area contributed by atoms with Gasteiger partial charge < -0.3 is 14.2 Å². The largest absolute Gasteiger partial charge is 0.479 e. The van der Waals surface area contributed by atoms with Gasteiger partial charge in [-0.25, -0.2) is 13.2 Å². The minimum atomic E-state index is -3.39. The Kier molecular flexibility index (Phi) is 6.27. The molecule has 2 rings (SSSR count). The van der Waals surface area contributed by atoms with Crippen LogP contribution in [0.4, 0.5) is 0 Å². The highest BCUT2D eigenvalue weighted by molar-refractivity contribution is 7.90. The second-order valence-electron chi connectivity index (χ2n) is 5.29. The average Bonchev–Trinajstić information content (AvgIpc) is 2.56. The van der Waals surface area contributed by atoms with Crippen LogP contribution in [0, 0.1) is 0 Å². The van der Waals surface area contributed by atoms with E-state index < -0.39 is 27.8 Å². The molecular weight excluding hydrogens is 368 g/mol. The van der Waals surface area contributed by atoms with Gasteiger partial charge in [-0.3, -0.25) is 0 Å². The molecule has 0 fully saturated rings. The first kappa shape index (κ1) is 19.1. The topological polar surface area (TPSA) is 78.9 Å². The van der Waals surface area contributed by atoms with Crippen molar-refractivity contribution in [3.8, 4) is 17.2 Å². The van der Waals surface area contributed by atoms with E-state index in [9.17, 15) is 13.2 Å². The predicted octanol–water partition coefficient (Wildman–Crippen LogP) is 3.44. The van der Waals surface area contributed by atoms with Crippen LogP contribution < -0.4 is 9.47 Å². The zero-order valence-electron chi connectivity index (χ0n) is 13.6. The summed E-state index contributed by atoms with van der Waals surface area (Å²) in [6, 6.07) is 13.5. The highest BCUT2D eigenvalue weighted by Crippen LogP contribution is 2.25. The predicted molar refractivity (Wildman–Crippen MR) is 93.9 cm³/mol. The van der Waals surface area contributed by atoms with Crippen molar-refractivity contribution in [3.05, 3.63) is 53.6 Å².